The lowest BCUT2D eigenvalue weighted by molar-refractivity contribution is -0.125. The van der Waals surface area contributed by atoms with Crippen molar-refractivity contribution in [1.82, 2.24) is 0 Å². The van der Waals surface area contributed by atoms with Crippen LogP contribution in [0.3, 0.4) is 0 Å². The summed E-state index contributed by atoms with van der Waals surface area (Å²) in [5.41, 5.74) is 0.812. The molecule has 21 heavy (non-hydrogen) atoms. The van der Waals surface area contributed by atoms with Gasteiger partial charge in [-0.1, -0.05) is 6.07 Å². The Morgan fingerprint density at radius 3 is 2.05 bits per heavy atom. The number of carbonyl (C=O) groups is 2. The van der Waals surface area contributed by atoms with E-state index in [1.54, 1.807) is 24.3 Å². The van der Waals surface area contributed by atoms with Crippen molar-refractivity contribution in [2.24, 2.45) is 0 Å². The quantitative estimate of drug-likeness (QED) is 0.841. The molecule has 116 valence electrons. The zero-order valence-electron chi connectivity index (χ0n) is 12.9. The molecule has 2 N–H and O–H groups in total. The molecule has 0 spiro atoms. The molecule has 0 saturated carbocycles. The van der Waals surface area contributed by atoms with E-state index in [4.69, 9.17) is 9.47 Å². The minimum atomic E-state index is -0.368. The Morgan fingerprint density at radius 2 is 1.57 bits per heavy atom. The molecule has 1 aromatic rings. The topological polar surface area (TPSA) is 76.7 Å². The summed E-state index contributed by atoms with van der Waals surface area (Å²) < 4.78 is 10.1. The normalized spacial score (nSPS) is 11.0. The Hall–Kier alpha value is -1.92. The maximum atomic E-state index is 11.8. The molecule has 2 amide bonds. The number of benzene rings is 1. The molecule has 1 aromatic carbocycles. The molecule has 0 aliphatic rings. The van der Waals surface area contributed by atoms with Crippen LogP contribution in [0.2, 0.25) is 0 Å². The Morgan fingerprint density at radius 1 is 1.05 bits per heavy atom. The molecule has 0 atom stereocenters. The van der Waals surface area contributed by atoms with Crippen LogP contribution in [0.4, 0.5) is 11.4 Å². The van der Waals surface area contributed by atoms with Crippen LogP contribution in [0.25, 0.3) is 0 Å². The van der Waals surface area contributed by atoms with Crippen LogP contribution in [0.5, 0.6) is 0 Å². The van der Waals surface area contributed by atoms with Crippen molar-refractivity contribution in [3.63, 3.8) is 0 Å². The van der Waals surface area contributed by atoms with E-state index in [2.05, 4.69) is 10.6 Å². The number of amides is 2. The Kier molecular flexibility index (Phi) is 6.33. The van der Waals surface area contributed by atoms with Crippen LogP contribution in [-0.2, 0) is 19.1 Å². The Bertz CT molecular complexity index is 495. The predicted octanol–water partition coefficient (Wildman–Crippen LogP) is 2.03. The monoisotopic (exact) mass is 294 g/mol. The van der Waals surface area contributed by atoms with Gasteiger partial charge in [0.1, 0.15) is 13.2 Å². The minimum absolute atomic E-state index is 0.0178. The first-order valence-corrected chi connectivity index (χ1v) is 6.63. The average molecular weight is 294 g/mol. The number of hydrogen-bond acceptors (Lipinski definition) is 4. The molecular weight excluding hydrogens is 272 g/mol. The average Bonchev–Trinajstić information content (AvgIpc) is 2.36. The fourth-order valence-electron chi connectivity index (χ4n) is 1.48. The highest BCUT2D eigenvalue weighted by Crippen LogP contribution is 2.15. The molecule has 0 fully saturated rings. The van der Waals surface area contributed by atoms with Crippen molar-refractivity contribution < 1.29 is 19.1 Å². The maximum Gasteiger partial charge on any atom is 0.250 e. The Labute approximate surface area is 124 Å². The van der Waals surface area contributed by atoms with Gasteiger partial charge in [-0.3, -0.25) is 9.59 Å². The van der Waals surface area contributed by atoms with Gasteiger partial charge in [0.15, 0.2) is 0 Å². The third-order valence-corrected chi connectivity index (χ3v) is 2.34. The van der Waals surface area contributed by atoms with Crippen LogP contribution in [0.1, 0.15) is 20.8 Å². The number of carbonyl (C=O) groups excluding carboxylic acids is 2. The second kappa shape index (κ2) is 7.75. The second-order valence-electron chi connectivity index (χ2n) is 5.51. The summed E-state index contributed by atoms with van der Waals surface area (Å²) in [5, 5.41) is 5.38. The summed E-state index contributed by atoms with van der Waals surface area (Å²) in [6.45, 7) is 5.60. The molecule has 0 heterocycles. The molecule has 0 aliphatic heterocycles. The second-order valence-corrected chi connectivity index (χ2v) is 5.51. The van der Waals surface area contributed by atoms with Crippen LogP contribution >= 0.6 is 0 Å². The van der Waals surface area contributed by atoms with Gasteiger partial charge in [-0.2, -0.15) is 0 Å². The molecule has 0 radical (unpaired) electrons. The number of methoxy groups -OCH3 is 1. The van der Waals surface area contributed by atoms with E-state index in [-0.39, 0.29) is 30.6 Å². The first kappa shape index (κ1) is 17.1. The van der Waals surface area contributed by atoms with Gasteiger partial charge in [-0.25, -0.2) is 0 Å². The summed E-state index contributed by atoms with van der Waals surface area (Å²) in [6, 6.07) is 6.88. The molecule has 0 saturated heterocycles. The molecule has 1 rings (SSSR count). The highest BCUT2D eigenvalue weighted by atomic mass is 16.5. The first-order chi connectivity index (χ1) is 9.80. The van der Waals surface area contributed by atoms with Gasteiger partial charge in [-0.15, -0.1) is 0 Å². The number of nitrogens with one attached hydrogen (secondary N) is 2. The lowest BCUT2D eigenvalue weighted by Gasteiger charge is -2.19. The lowest BCUT2D eigenvalue weighted by Crippen LogP contribution is -2.27. The van der Waals surface area contributed by atoms with Crippen LogP contribution < -0.4 is 10.6 Å². The molecule has 0 bridgehead atoms. The predicted molar refractivity (Wildman–Crippen MR) is 81.3 cm³/mol. The number of ether oxygens (including phenoxy) is 2. The molecular formula is C15H22N2O4. The third-order valence-electron chi connectivity index (χ3n) is 2.34. The van der Waals surface area contributed by atoms with Gasteiger partial charge < -0.3 is 20.1 Å². The Balaban J connectivity index is 2.56. The third kappa shape index (κ3) is 7.43. The molecule has 0 aromatic heterocycles. The van der Waals surface area contributed by atoms with Gasteiger partial charge in [0.05, 0.1) is 5.60 Å². The molecule has 0 aliphatic carbocycles. The van der Waals surface area contributed by atoms with Crippen molar-refractivity contribution >= 4 is 23.2 Å². The van der Waals surface area contributed by atoms with Crippen molar-refractivity contribution in [3.05, 3.63) is 24.3 Å². The smallest absolute Gasteiger partial charge is 0.250 e. The summed E-state index contributed by atoms with van der Waals surface area (Å²) >= 11 is 0. The summed E-state index contributed by atoms with van der Waals surface area (Å²) in [6.07, 6.45) is 0. The van der Waals surface area contributed by atoms with Crippen LogP contribution in [0, 0.1) is 0 Å². The van der Waals surface area contributed by atoms with E-state index < -0.39 is 0 Å². The van der Waals surface area contributed by atoms with Gasteiger partial charge in [0.25, 0.3) is 0 Å². The van der Waals surface area contributed by atoms with E-state index in [0.29, 0.717) is 11.4 Å². The van der Waals surface area contributed by atoms with Gasteiger partial charge in [0, 0.05) is 18.5 Å². The van der Waals surface area contributed by atoms with E-state index >= 15 is 0 Å². The van der Waals surface area contributed by atoms with Gasteiger partial charge >= 0.3 is 0 Å². The number of rotatable bonds is 6. The van der Waals surface area contributed by atoms with Gasteiger partial charge in [0.2, 0.25) is 11.8 Å². The fourth-order valence-corrected chi connectivity index (χ4v) is 1.48. The SMILES string of the molecule is COCC(=O)Nc1cccc(NC(=O)COC(C)(C)C)c1. The fraction of sp³-hybridized carbons (Fsp3) is 0.467. The molecule has 6 heteroatoms. The number of hydrogen-bond donors (Lipinski definition) is 2. The van der Waals surface area contributed by atoms with Crippen molar-refractivity contribution in [1.29, 1.82) is 0 Å². The maximum absolute atomic E-state index is 11.8. The standard InChI is InChI=1S/C15H22N2O4/c1-15(2,3)21-10-14(19)17-12-7-5-6-11(8-12)16-13(18)9-20-4/h5-8H,9-10H2,1-4H3,(H,16,18)(H,17,19). The van der Waals surface area contributed by atoms with Crippen molar-refractivity contribution in [2.45, 2.75) is 26.4 Å². The van der Waals surface area contributed by atoms with E-state index in [1.807, 2.05) is 20.8 Å². The minimum Gasteiger partial charge on any atom is -0.375 e. The van der Waals surface area contributed by atoms with Gasteiger partial charge in [-0.05, 0) is 39.0 Å². The van der Waals surface area contributed by atoms with E-state index in [0.717, 1.165) is 0 Å². The summed E-state index contributed by atoms with van der Waals surface area (Å²) in [7, 11) is 1.45. The van der Waals surface area contributed by atoms with E-state index in [1.165, 1.54) is 7.11 Å². The highest BCUT2D eigenvalue weighted by Gasteiger charge is 2.13. The van der Waals surface area contributed by atoms with Crippen molar-refractivity contribution in [2.75, 3.05) is 31.0 Å². The zero-order valence-corrected chi connectivity index (χ0v) is 12.9. The van der Waals surface area contributed by atoms with E-state index in [9.17, 15) is 9.59 Å². The molecule has 0 unspecified atom stereocenters. The molecule has 6 nitrogen and oxygen atoms in total. The zero-order chi connectivity index (χ0) is 15.9. The summed E-state index contributed by atoms with van der Waals surface area (Å²) in [5.74, 6) is -0.498. The largest absolute Gasteiger partial charge is 0.375 e. The first-order valence-electron chi connectivity index (χ1n) is 6.63. The lowest BCUT2D eigenvalue weighted by atomic mass is 10.2. The number of anilines is 2. The van der Waals surface area contributed by atoms with Crippen LogP contribution in [-0.4, -0.2) is 37.7 Å². The van der Waals surface area contributed by atoms with Crippen LogP contribution in [0.15, 0.2) is 24.3 Å². The van der Waals surface area contributed by atoms with Crippen molar-refractivity contribution in [3.8, 4) is 0 Å². The summed E-state index contributed by atoms with van der Waals surface area (Å²) in [4.78, 5) is 23.2. The highest BCUT2D eigenvalue weighted by molar-refractivity contribution is 5.94.